The minimum absolute atomic E-state index is 0.0507. The summed E-state index contributed by atoms with van der Waals surface area (Å²) in [6, 6.07) is 10.3. The number of hydrogen-bond donors (Lipinski definition) is 2. The zero-order valence-corrected chi connectivity index (χ0v) is 14.2. The highest BCUT2D eigenvalue weighted by molar-refractivity contribution is 7.13. The van der Waals surface area contributed by atoms with Crippen LogP contribution in [0.5, 0.6) is 0 Å². The number of nitrogens with one attached hydrogen (secondary N) is 2. The van der Waals surface area contributed by atoms with Crippen molar-refractivity contribution in [1.82, 2.24) is 10.3 Å². The van der Waals surface area contributed by atoms with Crippen LogP contribution in [0.4, 0.5) is 5.13 Å². The number of thiazole rings is 1. The van der Waals surface area contributed by atoms with Crippen molar-refractivity contribution in [3.63, 3.8) is 0 Å². The van der Waals surface area contributed by atoms with Gasteiger partial charge in [-0.25, -0.2) is 4.98 Å². The predicted octanol–water partition coefficient (Wildman–Crippen LogP) is 2.78. The summed E-state index contributed by atoms with van der Waals surface area (Å²) in [7, 11) is 0. The first-order valence-corrected chi connectivity index (χ1v) is 8.46. The number of aromatic nitrogens is 1. The van der Waals surface area contributed by atoms with Crippen LogP contribution < -0.4 is 10.6 Å². The molecule has 6 heteroatoms. The lowest BCUT2D eigenvalue weighted by molar-refractivity contribution is -0.121. The number of rotatable bonds is 7. The van der Waals surface area contributed by atoms with E-state index in [1.54, 1.807) is 5.38 Å². The fourth-order valence-electron chi connectivity index (χ4n) is 2.19. The summed E-state index contributed by atoms with van der Waals surface area (Å²) >= 11 is 1.32. The van der Waals surface area contributed by atoms with E-state index in [1.165, 1.54) is 23.8 Å². The van der Waals surface area contributed by atoms with Crippen molar-refractivity contribution in [2.75, 3.05) is 5.32 Å². The number of hydrogen-bond acceptors (Lipinski definition) is 4. The second kappa shape index (κ2) is 8.43. The van der Waals surface area contributed by atoms with E-state index in [0.717, 1.165) is 12.8 Å². The van der Waals surface area contributed by atoms with Gasteiger partial charge in [0.25, 0.3) is 0 Å². The van der Waals surface area contributed by atoms with Crippen LogP contribution in [0.1, 0.15) is 31.5 Å². The molecule has 122 valence electrons. The summed E-state index contributed by atoms with van der Waals surface area (Å²) in [6.07, 6.45) is 2.06. The van der Waals surface area contributed by atoms with Crippen LogP contribution in [-0.2, 0) is 22.4 Å². The Labute approximate surface area is 140 Å². The molecule has 0 saturated heterocycles. The maximum absolute atomic E-state index is 12.0. The molecule has 5 nitrogen and oxygen atoms in total. The van der Waals surface area contributed by atoms with Crippen LogP contribution >= 0.6 is 11.3 Å². The van der Waals surface area contributed by atoms with Crippen molar-refractivity contribution in [1.29, 1.82) is 0 Å². The van der Waals surface area contributed by atoms with Crippen LogP contribution in [0.15, 0.2) is 35.7 Å². The van der Waals surface area contributed by atoms with Crippen molar-refractivity contribution in [3.05, 3.63) is 47.0 Å². The van der Waals surface area contributed by atoms with Gasteiger partial charge < -0.3 is 10.6 Å². The first-order chi connectivity index (χ1) is 11.0. The van der Waals surface area contributed by atoms with Crippen LogP contribution in [0.25, 0.3) is 0 Å². The van der Waals surface area contributed by atoms with Gasteiger partial charge in [-0.1, -0.05) is 30.3 Å². The van der Waals surface area contributed by atoms with Crippen molar-refractivity contribution in [2.45, 2.75) is 39.2 Å². The molecule has 0 aliphatic heterocycles. The van der Waals surface area contributed by atoms with E-state index >= 15 is 0 Å². The van der Waals surface area contributed by atoms with Gasteiger partial charge in [0.2, 0.25) is 11.8 Å². The van der Waals surface area contributed by atoms with Crippen LogP contribution in [0.2, 0.25) is 0 Å². The highest BCUT2D eigenvalue weighted by Gasteiger charge is 2.11. The molecule has 1 heterocycles. The van der Waals surface area contributed by atoms with Crippen LogP contribution in [0, 0.1) is 0 Å². The van der Waals surface area contributed by atoms with Gasteiger partial charge in [-0.15, -0.1) is 11.3 Å². The summed E-state index contributed by atoms with van der Waals surface area (Å²) < 4.78 is 0. The lowest BCUT2D eigenvalue weighted by Gasteiger charge is -2.13. The van der Waals surface area contributed by atoms with E-state index in [4.69, 9.17) is 0 Å². The zero-order valence-electron chi connectivity index (χ0n) is 13.3. The second-order valence-corrected chi connectivity index (χ2v) is 6.35. The SMILES string of the molecule is CC(=O)Nc1nc(CC(=O)NC(C)CCc2ccccc2)cs1. The number of benzene rings is 1. The fourth-order valence-corrected chi connectivity index (χ4v) is 2.94. The van der Waals surface area contributed by atoms with Gasteiger partial charge in [-0.3, -0.25) is 9.59 Å². The zero-order chi connectivity index (χ0) is 16.7. The normalized spacial score (nSPS) is 11.7. The standard InChI is InChI=1S/C17H21N3O2S/c1-12(8-9-14-6-4-3-5-7-14)18-16(22)10-15-11-23-17(20-15)19-13(2)21/h3-7,11-12H,8-10H2,1-2H3,(H,18,22)(H,19,20,21). The van der Waals surface area contributed by atoms with Gasteiger partial charge in [0, 0.05) is 18.3 Å². The molecule has 2 amide bonds. The Morgan fingerprint density at radius 2 is 2.00 bits per heavy atom. The Hall–Kier alpha value is -2.21. The lowest BCUT2D eigenvalue weighted by Crippen LogP contribution is -2.34. The molecule has 0 spiro atoms. The summed E-state index contributed by atoms with van der Waals surface area (Å²) in [6.45, 7) is 3.44. The molecule has 1 aromatic heterocycles. The van der Waals surface area contributed by atoms with Crippen molar-refractivity contribution in [2.24, 2.45) is 0 Å². The Kier molecular flexibility index (Phi) is 6.29. The predicted molar refractivity (Wildman–Crippen MR) is 92.5 cm³/mol. The van der Waals surface area contributed by atoms with Gasteiger partial charge in [0.1, 0.15) is 0 Å². The largest absolute Gasteiger partial charge is 0.353 e. The molecule has 2 aromatic rings. The molecular formula is C17H21N3O2S. The van der Waals surface area contributed by atoms with Gasteiger partial charge in [0.15, 0.2) is 5.13 Å². The highest BCUT2D eigenvalue weighted by atomic mass is 32.1. The van der Waals surface area contributed by atoms with Crippen molar-refractivity contribution in [3.8, 4) is 0 Å². The number of amides is 2. The van der Waals surface area contributed by atoms with Crippen LogP contribution in [0.3, 0.4) is 0 Å². The van der Waals surface area contributed by atoms with Crippen molar-refractivity contribution < 1.29 is 9.59 Å². The van der Waals surface area contributed by atoms with Gasteiger partial charge >= 0.3 is 0 Å². The smallest absolute Gasteiger partial charge is 0.226 e. The first kappa shape index (κ1) is 17.1. The van der Waals surface area contributed by atoms with E-state index in [1.807, 2.05) is 25.1 Å². The van der Waals surface area contributed by atoms with Gasteiger partial charge in [-0.2, -0.15) is 0 Å². The quantitative estimate of drug-likeness (QED) is 0.819. The maximum atomic E-state index is 12.0. The average Bonchev–Trinajstić information content (AvgIpc) is 2.92. The molecule has 0 radical (unpaired) electrons. The number of carbonyl (C=O) groups is 2. The summed E-state index contributed by atoms with van der Waals surface area (Å²) in [5.74, 6) is -0.213. The van der Waals surface area contributed by atoms with E-state index in [-0.39, 0.29) is 24.3 Å². The Morgan fingerprint density at radius 3 is 2.70 bits per heavy atom. The minimum Gasteiger partial charge on any atom is -0.353 e. The van der Waals surface area contributed by atoms with E-state index < -0.39 is 0 Å². The Bertz CT molecular complexity index is 655. The molecule has 0 bridgehead atoms. The molecular weight excluding hydrogens is 310 g/mol. The molecule has 0 fully saturated rings. The molecule has 23 heavy (non-hydrogen) atoms. The maximum Gasteiger partial charge on any atom is 0.226 e. The summed E-state index contributed by atoms with van der Waals surface area (Å²) in [5.41, 5.74) is 1.94. The van der Waals surface area contributed by atoms with E-state index in [9.17, 15) is 9.59 Å². The molecule has 1 unspecified atom stereocenters. The van der Waals surface area contributed by atoms with E-state index in [0.29, 0.717) is 10.8 Å². The minimum atomic E-state index is -0.162. The summed E-state index contributed by atoms with van der Waals surface area (Å²) in [5, 5.41) is 7.92. The Balaban J connectivity index is 1.75. The molecule has 2 rings (SSSR count). The van der Waals surface area contributed by atoms with Gasteiger partial charge in [-0.05, 0) is 25.3 Å². The number of carbonyl (C=O) groups excluding carboxylic acids is 2. The van der Waals surface area contributed by atoms with Crippen molar-refractivity contribution >= 4 is 28.3 Å². The first-order valence-electron chi connectivity index (χ1n) is 7.58. The highest BCUT2D eigenvalue weighted by Crippen LogP contribution is 2.15. The average molecular weight is 331 g/mol. The number of anilines is 1. The molecule has 1 atom stereocenters. The summed E-state index contributed by atoms with van der Waals surface area (Å²) in [4.78, 5) is 27.2. The van der Waals surface area contributed by atoms with Gasteiger partial charge in [0.05, 0.1) is 12.1 Å². The second-order valence-electron chi connectivity index (χ2n) is 5.49. The monoisotopic (exact) mass is 331 g/mol. The number of nitrogens with zero attached hydrogens (tertiary/aromatic N) is 1. The molecule has 0 aliphatic carbocycles. The fraction of sp³-hybridized carbons (Fsp3) is 0.353. The third-order valence-corrected chi connectivity index (χ3v) is 4.10. The topological polar surface area (TPSA) is 71.1 Å². The van der Waals surface area contributed by atoms with E-state index in [2.05, 4.69) is 27.8 Å². The third-order valence-electron chi connectivity index (χ3n) is 3.29. The van der Waals surface area contributed by atoms with Crippen LogP contribution in [-0.4, -0.2) is 22.8 Å². The Morgan fingerprint density at radius 1 is 1.26 bits per heavy atom. The molecule has 1 aromatic carbocycles. The molecule has 0 saturated carbocycles. The lowest BCUT2D eigenvalue weighted by atomic mass is 10.1. The molecule has 2 N–H and O–H groups in total. The molecule has 0 aliphatic rings. The third kappa shape index (κ3) is 6.20. The number of aryl methyl sites for hydroxylation is 1.